The van der Waals surface area contributed by atoms with Crippen molar-refractivity contribution in [3.63, 3.8) is 0 Å². The largest absolute Gasteiger partial charge is 0.490 e. The molecule has 0 bridgehead atoms. The Morgan fingerprint density at radius 3 is 2.03 bits per heavy atom. The summed E-state index contributed by atoms with van der Waals surface area (Å²) in [6, 6.07) is 10.8. The van der Waals surface area contributed by atoms with Gasteiger partial charge in [-0.05, 0) is 24.3 Å². The summed E-state index contributed by atoms with van der Waals surface area (Å²) in [5, 5.41) is 19.4. The first-order chi connectivity index (χ1) is 16.4. The van der Waals surface area contributed by atoms with Gasteiger partial charge in [0.1, 0.15) is 52.8 Å². The van der Waals surface area contributed by atoms with E-state index in [4.69, 9.17) is 23.4 Å². The van der Waals surface area contributed by atoms with Gasteiger partial charge in [0.15, 0.2) is 10.9 Å². The third kappa shape index (κ3) is 4.59. The lowest BCUT2D eigenvalue weighted by atomic mass is 10.2. The second kappa shape index (κ2) is 9.46. The zero-order valence-corrected chi connectivity index (χ0v) is 17.3. The van der Waals surface area contributed by atoms with Gasteiger partial charge in [-0.15, -0.1) is 0 Å². The predicted molar refractivity (Wildman–Crippen MR) is 116 cm³/mol. The van der Waals surface area contributed by atoms with Crippen LogP contribution in [0.15, 0.2) is 67.0 Å². The molecule has 2 N–H and O–H groups in total. The predicted octanol–water partition coefficient (Wildman–Crippen LogP) is 1.95. The Bertz CT molecular complexity index is 1500. The van der Waals surface area contributed by atoms with Crippen LogP contribution in [0.25, 0.3) is 21.9 Å². The van der Waals surface area contributed by atoms with Gasteiger partial charge in [-0.2, -0.15) is 0 Å². The monoisotopic (exact) mass is 468 g/mol. The quantitative estimate of drug-likeness (QED) is 0.345. The number of carbonyl (C=O) groups is 2. The summed E-state index contributed by atoms with van der Waals surface area (Å²) >= 11 is 0. The van der Waals surface area contributed by atoms with Gasteiger partial charge in [-0.1, -0.05) is 12.1 Å². The molecule has 0 radical (unpaired) electrons. The van der Waals surface area contributed by atoms with Crippen molar-refractivity contribution in [1.29, 1.82) is 0 Å². The summed E-state index contributed by atoms with van der Waals surface area (Å²) in [5.74, 6) is -1.93. The van der Waals surface area contributed by atoms with Crippen LogP contribution in [0.3, 0.4) is 0 Å². The fraction of sp³-hybridized carbons (Fsp3) is 0.130. The van der Waals surface area contributed by atoms with Crippen molar-refractivity contribution >= 4 is 34.4 Å². The molecule has 0 spiro atoms. The van der Waals surface area contributed by atoms with Crippen molar-refractivity contribution in [2.24, 2.45) is 0 Å². The van der Waals surface area contributed by atoms with Crippen LogP contribution in [0.5, 0.6) is 17.4 Å². The zero-order valence-electron chi connectivity index (χ0n) is 17.3. The van der Waals surface area contributed by atoms with Gasteiger partial charge in [-0.25, -0.2) is 4.79 Å². The summed E-state index contributed by atoms with van der Waals surface area (Å²) in [4.78, 5) is 46.3. The maximum absolute atomic E-state index is 12.4. The van der Waals surface area contributed by atoms with E-state index in [1.165, 1.54) is 30.3 Å². The molecule has 11 nitrogen and oxygen atoms in total. The molecular weight excluding hydrogens is 452 g/mol. The van der Waals surface area contributed by atoms with E-state index < -0.39 is 28.7 Å². The summed E-state index contributed by atoms with van der Waals surface area (Å²) in [5.41, 5.74) is -0.979. The Kier molecular flexibility index (Phi) is 6.28. The molecule has 0 aliphatic rings. The molecule has 0 aliphatic heterocycles. The van der Waals surface area contributed by atoms with E-state index in [2.05, 4.69) is 4.74 Å². The number of carboxylic acid groups (broad SMARTS) is 1. The van der Waals surface area contributed by atoms with Gasteiger partial charge < -0.3 is 33.3 Å². The van der Waals surface area contributed by atoms with Crippen molar-refractivity contribution in [2.75, 3.05) is 13.2 Å². The lowest BCUT2D eigenvalue weighted by Crippen LogP contribution is -2.25. The number of aliphatic hydroxyl groups excluding tert-OH is 1. The molecule has 4 rings (SSSR count). The van der Waals surface area contributed by atoms with Crippen molar-refractivity contribution in [3.05, 3.63) is 74.7 Å². The first kappa shape index (κ1) is 22.6. The van der Waals surface area contributed by atoms with Crippen LogP contribution in [0.4, 0.5) is 0 Å². The number of aromatic carboxylic acids is 1. The minimum absolute atomic E-state index is 0.0218. The highest BCUT2D eigenvalue weighted by atomic mass is 16.6. The van der Waals surface area contributed by atoms with Crippen LogP contribution < -0.4 is 25.1 Å². The highest BCUT2D eigenvalue weighted by molar-refractivity contribution is 5.89. The molecule has 0 amide bonds. The summed E-state index contributed by atoms with van der Waals surface area (Å²) in [6.07, 6.45) is -1.17. The number of fused-ring (bicyclic) bond motifs is 2. The minimum atomic E-state index is -1.38. The molecule has 2 aromatic carbocycles. The van der Waals surface area contributed by atoms with E-state index in [9.17, 15) is 24.3 Å². The SMILES string of the molecule is O=COc1cc(=O)c2c(OCC(O)COc3cccc4oc(C(=O)O)cc(=O)c34)cccc2o1. The summed E-state index contributed by atoms with van der Waals surface area (Å²) in [7, 11) is 0. The molecule has 0 aliphatic carbocycles. The number of hydrogen-bond acceptors (Lipinski definition) is 10. The van der Waals surface area contributed by atoms with Crippen molar-refractivity contribution < 1.29 is 42.8 Å². The molecule has 11 heteroatoms. The first-order valence-electron chi connectivity index (χ1n) is 9.78. The highest BCUT2D eigenvalue weighted by Crippen LogP contribution is 2.26. The average molecular weight is 468 g/mol. The van der Waals surface area contributed by atoms with E-state index in [1.54, 1.807) is 6.07 Å². The Labute approximate surface area is 189 Å². The fourth-order valence-electron chi connectivity index (χ4n) is 3.21. The van der Waals surface area contributed by atoms with E-state index in [-0.39, 0.29) is 59.1 Å². The lowest BCUT2D eigenvalue weighted by Gasteiger charge is -2.15. The molecule has 0 saturated heterocycles. The minimum Gasteiger partial charge on any atom is -0.490 e. The summed E-state index contributed by atoms with van der Waals surface area (Å²) < 4.78 is 26.2. The molecule has 0 fully saturated rings. The second-order valence-electron chi connectivity index (χ2n) is 6.96. The number of carboxylic acids is 1. The van der Waals surface area contributed by atoms with Crippen molar-refractivity contribution in [1.82, 2.24) is 0 Å². The zero-order chi connectivity index (χ0) is 24.2. The normalized spacial score (nSPS) is 11.8. The van der Waals surface area contributed by atoms with Crippen LogP contribution in [-0.2, 0) is 4.79 Å². The topological polar surface area (TPSA) is 163 Å². The van der Waals surface area contributed by atoms with Crippen LogP contribution >= 0.6 is 0 Å². The second-order valence-corrected chi connectivity index (χ2v) is 6.96. The van der Waals surface area contributed by atoms with Gasteiger partial charge in [0.2, 0.25) is 5.76 Å². The van der Waals surface area contributed by atoms with E-state index >= 15 is 0 Å². The summed E-state index contributed by atoms with van der Waals surface area (Å²) in [6.45, 7) is -0.421. The molecule has 0 saturated carbocycles. The smallest absolute Gasteiger partial charge is 0.371 e. The Balaban J connectivity index is 1.48. The van der Waals surface area contributed by atoms with Crippen LogP contribution in [-0.4, -0.2) is 42.0 Å². The van der Waals surface area contributed by atoms with Gasteiger partial charge in [0.05, 0.1) is 6.07 Å². The van der Waals surface area contributed by atoms with Crippen LogP contribution in [0, 0.1) is 0 Å². The highest BCUT2D eigenvalue weighted by Gasteiger charge is 2.16. The van der Waals surface area contributed by atoms with Crippen LogP contribution in [0.2, 0.25) is 0 Å². The molecule has 1 atom stereocenters. The number of carbonyl (C=O) groups excluding carboxylic acids is 1. The van der Waals surface area contributed by atoms with Crippen LogP contribution in [0.1, 0.15) is 10.6 Å². The third-order valence-corrected chi connectivity index (χ3v) is 4.65. The first-order valence-corrected chi connectivity index (χ1v) is 9.78. The van der Waals surface area contributed by atoms with Gasteiger partial charge in [-0.3, -0.25) is 14.4 Å². The Morgan fingerprint density at radius 2 is 1.47 bits per heavy atom. The number of hydrogen-bond donors (Lipinski definition) is 2. The molecule has 1 unspecified atom stereocenters. The number of rotatable bonds is 9. The lowest BCUT2D eigenvalue weighted by molar-refractivity contribution is -0.121. The number of benzene rings is 2. The molecule has 2 heterocycles. The standard InChI is InChI=1S/C23H16O11/c24-11-32-20-8-14(27)22-16(4-2-6-18(22)34-20)31-10-12(25)9-30-15-3-1-5-17-21(15)13(26)7-19(33-17)23(28)29/h1-8,11-12,25H,9-10H2,(H,28,29). The fourth-order valence-corrected chi connectivity index (χ4v) is 3.21. The van der Waals surface area contributed by atoms with E-state index in [0.29, 0.717) is 0 Å². The maximum atomic E-state index is 12.4. The molecule has 2 aromatic heterocycles. The van der Waals surface area contributed by atoms with Crippen molar-refractivity contribution in [2.45, 2.75) is 6.10 Å². The molecule has 4 aromatic rings. The van der Waals surface area contributed by atoms with Crippen molar-refractivity contribution in [3.8, 4) is 17.4 Å². The Hall–Kier alpha value is -4.64. The Morgan fingerprint density at radius 1 is 0.912 bits per heavy atom. The van der Waals surface area contributed by atoms with E-state index in [1.807, 2.05) is 0 Å². The number of aliphatic hydroxyl groups is 1. The van der Waals surface area contributed by atoms with Gasteiger partial charge in [0.25, 0.3) is 5.95 Å². The average Bonchev–Trinajstić information content (AvgIpc) is 2.81. The molecule has 34 heavy (non-hydrogen) atoms. The van der Waals surface area contributed by atoms with Gasteiger partial charge in [0, 0.05) is 6.07 Å². The molecular formula is C23H16O11. The number of ether oxygens (including phenoxy) is 3. The third-order valence-electron chi connectivity index (χ3n) is 4.65. The maximum Gasteiger partial charge on any atom is 0.371 e. The van der Waals surface area contributed by atoms with Gasteiger partial charge >= 0.3 is 12.4 Å². The molecule has 174 valence electrons. The van der Waals surface area contributed by atoms with E-state index in [0.717, 1.165) is 12.1 Å².